The third-order valence-electron chi connectivity index (χ3n) is 3.20. The van der Waals surface area contributed by atoms with Crippen LogP contribution in [0.4, 0.5) is 4.39 Å². The van der Waals surface area contributed by atoms with Crippen LogP contribution in [0.2, 0.25) is 0 Å². The van der Waals surface area contributed by atoms with Crippen molar-refractivity contribution in [1.29, 1.82) is 0 Å². The summed E-state index contributed by atoms with van der Waals surface area (Å²) in [6, 6.07) is 6.85. The summed E-state index contributed by atoms with van der Waals surface area (Å²) in [5.74, 6) is -0.165. The molecule has 0 unspecified atom stereocenters. The van der Waals surface area contributed by atoms with Gasteiger partial charge in [-0.2, -0.15) is 5.10 Å². The molecule has 2 rings (SSSR count). The van der Waals surface area contributed by atoms with Crippen molar-refractivity contribution in [1.82, 2.24) is 15.1 Å². The van der Waals surface area contributed by atoms with E-state index in [0.717, 1.165) is 11.3 Å². The van der Waals surface area contributed by atoms with Crippen molar-refractivity contribution in [3.63, 3.8) is 0 Å². The number of nitrogens with one attached hydrogen (secondary N) is 1. The van der Waals surface area contributed by atoms with Gasteiger partial charge in [0, 0.05) is 42.9 Å². The summed E-state index contributed by atoms with van der Waals surface area (Å²) in [5.41, 5.74) is 2.95. The molecule has 1 aromatic carbocycles. The molecule has 20 heavy (non-hydrogen) atoms. The number of rotatable bonds is 4. The van der Waals surface area contributed by atoms with Crippen LogP contribution in [0.5, 0.6) is 0 Å². The average Bonchev–Trinajstić information content (AvgIpc) is 2.73. The Hall–Kier alpha value is -1.68. The van der Waals surface area contributed by atoms with E-state index in [1.165, 1.54) is 6.07 Å². The molecule has 108 valence electrons. The first kappa shape index (κ1) is 14.7. The van der Waals surface area contributed by atoms with E-state index in [4.69, 9.17) is 0 Å². The molecule has 1 N–H and O–H groups in total. The minimum Gasteiger partial charge on any atom is -0.308 e. The highest BCUT2D eigenvalue weighted by Gasteiger charge is 2.21. The highest BCUT2D eigenvalue weighted by molar-refractivity contribution is 5.24. The Bertz CT molecular complexity index is 582. The number of benzene rings is 1. The van der Waals surface area contributed by atoms with Gasteiger partial charge in [-0.15, -0.1) is 0 Å². The molecule has 0 spiro atoms. The van der Waals surface area contributed by atoms with Gasteiger partial charge in [-0.25, -0.2) is 4.39 Å². The van der Waals surface area contributed by atoms with E-state index in [0.29, 0.717) is 18.7 Å². The highest BCUT2D eigenvalue weighted by atomic mass is 19.1. The minimum absolute atomic E-state index is 0.0102. The molecule has 0 aliphatic heterocycles. The fourth-order valence-electron chi connectivity index (χ4n) is 2.27. The molecule has 0 atom stereocenters. The number of aryl methyl sites for hydroxylation is 1. The first-order valence-corrected chi connectivity index (χ1v) is 6.85. The highest BCUT2D eigenvalue weighted by Crippen LogP contribution is 2.24. The van der Waals surface area contributed by atoms with Crippen molar-refractivity contribution in [3.05, 3.63) is 53.1 Å². The van der Waals surface area contributed by atoms with Crippen molar-refractivity contribution < 1.29 is 4.39 Å². The normalized spacial score (nSPS) is 11.8. The molecule has 0 aliphatic carbocycles. The van der Waals surface area contributed by atoms with Crippen LogP contribution in [0.15, 0.2) is 30.5 Å². The van der Waals surface area contributed by atoms with Gasteiger partial charge >= 0.3 is 0 Å². The largest absolute Gasteiger partial charge is 0.308 e. The zero-order valence-corrected chi connectivity index (χ0v) is 12.6. The topological polar surface area (TPSA) is 29.9 Å². The predicted octanol–water partition coefficient (Wildman–Crippen LogP) is 3.15. The van der Waals surface area contributed by atoms with E-state index in [1.54, 1.807) is 12.1 Å². The van der Waals surface area contributed by atoms with Gasteiger partial charge in [-0.05, 0) is 6.07 Å². The molecular weight excluding hydrogens is 253 g/mol. The molecule has 0 aliphatic rings. The Morgan fingerprint density at radius 2 is 1.80 bits per heavy atom. The van der Waals surface area contributed by atoms with E-state index >= 15 is 0 Å². The van der Waals surface area contributed by atoms with Gasteiger partial charge in [0.05, 0.1) is 5.69 Å². The van der Waals surface area contributed by atoms with Crippen LogP contribution in [-0.2, 0) is 25.6 Å². The zero-order valence-electron chi connectivity index (χ0n) is 12.6. The first-order valence-electron chi connectivity index (χ1n) is 6.85. The molecule has 2 aromatic rings. The number of hydrogen-bond acceptors (Lipinski definition) is 2. The molecule has 0 radical (unpaired) electrons. The summed E-state index contributed by atoms with van der Waals surface area (Å²) in [6.07, 6.45) is 2.02. The second kappa shape index (κ2) is 5.75. The molecule has 0 saturated heterocycles. The Labute approximate surface area is 119 Å². The number of aromatic nitrogens is 2. The van der Waals surface area contributed by atoms with Gasteiger partial charge in [0.15, 0.2) is 0 Å². The van der Waals surface area contributed by atoms with Gasteiger partial charge in [0.1, 0.15) is 5.82 Å². The summed E-state index contributed by atoms with van der Waals surface area (Å²) in [7, 11) is 1.93. The van der Waals surface area contributed by atoms with Crippen LogP contribution in [0.1, 0.15) is 37.6 Å². The van der Waals surface area contributed by atoms with Crippen molar-refractivity contribution in [2.45, 2.75) is 39.3 Å². The van der Waals surface area contributed by atoms with Gasteiger partial charge in [0.2, 0.25) is 0 Å². The van der Waals surface area contributed by atoms with E-state index in [1.807, 2.05) is 24.0 Å². The molecular formula is C16H22FN3. The lowest BCUT2D eigenvalue weighted by molar-refractivity contribution is 0.541. The van der Waals surface area contributed by atoms with Gasteiger partial charge < -0.3 is 5.32 Å². The third kappa shape index (κ3) is 3.45. The van der Waals surface area contributed by atoms with Gasteiger partial charge in [0.25, 0.3) is 0 Å². The van der Waals surface area contributed by atoms with Crippen molar-refractivity contribution in [2.75, 3.05) is 0 Å². The van der Waals surface area contributed by atoms with Crippen molar-refractivity contribution >= 4 is 0 Å². The first-order chi connectivity index (χ1) is 9.38. The lowest BCUT2D eigenvalue weighted by atomic mass is 9.89. The van der Waals surface area contributed by atoms with E-state index in [2.05, 4.69) is 31.2 Å². The second-order valence-corrected chi connectivity index (χ2v) is 6.12. The van der Waals surface area contributed by atoms with Crippen molar-refractivity contribution in [3.8, 4) is 0 Å². The molecule has 1 heterocycles. The van der Waals surface area contributed by atoms with E-state index in [9.17, 15) is 4.39 Å². The standard InChI is InChI=1S/C16H22FN3/c1-16(2,3)15-13(11-20(4)19-15)10-18-9-12-7-5-6-8-14(12)17/h5-8,11,18H,9-10H2,1-4H3. The summed E-state index contributed by atoms with van der Waals surface area (Å²) in [6.45, 7) is 7.65. The molecule has 3 nitrogen and oxygen atoms in total. The number of halogens is 1. The Morgan fingerprint density at radius 3 is 2.45 bits per heavy atom. The quantitative estimate of drug-likeness (QED) is 0.929. The second-order valence-electron chi connectivity index (χ2n) is 6.12. The summed E-state index contributed by atoms with van der Waals surface area (Å²) in [5, 5.41) is 7.82. The van der Waals surface area contributed by atoms with Crippen LogP contribution in [0, 0.1) is 5.82 Å². The lowest BCUT2D eigenvalue weighted by Crippen LogP contribution is -2.19. The number of hydrogen-bond donors (Lipinski definition) is 1. The van der Waals surface area contributed by atoms with Crippen LogP contribution < -0.4 is 5.32 Å². The number of nitrogens with zero attached hydrogens (tertiary/aromatic N) is 2. The maximum absolute atomic E-state index is 13.5. The Balaban J connectivity index is 2.03. The Kier molecular flexibility index (Phi) is 4.23. The maximum atomic E-state index is 13.5. The smallest absolute Gasteiger partial charge is 0.127 e. The van der Waals surface area contributed by atoms with E-state index in [-0.39, 0.29) is 11.2 Å². The molecule has 0 fully saturated rings. The third-order valence-corrected chi connectivity index (χ3v) is 3.20. The molecule has 4 heteroatoms. The summed E-state index contributed by atoms with van der Waals surface area (Å²) < 4.78 is 15.4. The van der Waals surface area contributed by atoms with Gasteiger partial charge in [-0.3, -0.25) is 4.68 Å². The maximum Gasteiger partial charge on any atom is 0.127 e. The van der Waals surface area contributed by atoms with Crippen LogP contribution in [0.3, 0.4) is 0 Å². The van der Waals surface area contributed by atoms with Gasteiger partial charge in [-0.1, -0.05) is 39.0 Å². The fourth-order valence-corrected chi connectivity index (χ4v) is 2.27. The predicted molar refractivity (Wildman–Crippen MR) is 78.9 cm³/mol. The SMILES string of the molecule is Cn1cc(CNCc2ccccc2F)c(C(C)(C)C)n1. The minimum atomic E-state index is -0.165. The molecule has 0 saturated carbocycles. The summed E-state index contributed by atoms with van der Waals surface area (Å²) >= 11 is 0. The van der Waals surface area contributed by atoms with Crippen molar-refractivity contribution in [2.24, 2.45) is 7.05 Å². The summed E-state index contributed by atoms with van der Waals surface area (Å²) in [4.78, 5) is 0. The Morgan fingerprint density at radius 1 is 1.15 bits per heavy atom. The monoisotopic (exact) mass is 275 g/mol. The molecule has 1 aromatic heterocycles. The van der Waals surface area contributed by atoms with Crippen LogP contribution in [-0.4, -0.2) is 9.78 Å². The van der Waals surface area contributed by atoms with E-state index < -0.39 is 0 Å². The zero-order chi connectivity index (χ0) is 14.8. The lowest BCUT2D eigenvalue weighted by Gasteiger charge is -2.17. The molecule has 0 amide bonds. The average molecular weight is 275 g/mol. The van der Waals surface area contributed by atoms with Crippen LogP contribution >= 0.6 is 0 Å². The van der Waals surface area contributed by atoms with Crippen LogP contribution in [0.25, 0.3) is 0 Å². The molecule has 0 bridgehead atoms. The fraction of sp³-hybridized carbons (Fsp3) is 0.438.